The van der Waals surface area contributed by atoms with Crippen LogP contribution in [-0.2, 0) is 16.0 Å². The zero-order valence-electron chi connectivity index (χ0n) is 14.7. The average molecular weight is 358 g/mol. The van der Waals surface area contributed by atoms with Gasteiger partial charge in [0.05, 0.1) is 12.8 Å². The third-order valence-electron chi connectivity index (χ3n) is 5.02. The van der Waals surface area contributed by atoms with Crippen molar-refractivity contribution in [3.63, 3.8) is 0 Å². The molecule has 5 nitrogen and oxygen atoms in total. The maximum absolute atomic E-state index is 13.0. The van der Waals surface area contributed by atoms with Crippen molar-refractivity contribution in [3.05, 3.63) is 42.2 Å². The summed E-state index contributed by atoms with van der Waals surface area (Å²) in [4.78, 5) is 19.0. The molecule has 1 aliphatic heterocycles. The van der Waals surface area contributed by atoms with Gasteiger partial charge in [0.1, 0.15) is 5.82 Å². The fraction of sp³-hybridized carbons (Fsp3) is 0.500. The van der Waals surface area contributed by atoms with Crippen LogP contribution in [-0.4, -0.2) is 41.6 Å². The number of hydrogen-bond donors (Lipinski definition) is 0. The van der Waals surface area contributed by atoms with Crippen LogP contribution in [0.2, 0.25) is 0 Å². The molecular formula is C20H23FN2O3. The smallest absolute Gasteiger partial charge is 0.223 e. The lowest BCUT2D eigenvalue weighted by atomic mass is 10.1. The molecule has 2 aliphatic rings. The summed E-state index contributed by atoms with van der Waals surface area (Å²) in [5.74, 6) is 1.48. The van der Waals surface area contributed by atoms with Gasteiger partial charge in [0.15, 0.2) is 11.7 Å². The highest BCUT2D eigenvalue weighted by Crippen LogP contribution is 2.30. The second kappa shape index (κ2) is 7.58. The monoisotopic (exact) mass is 358 g/mol. The Morgan fingerprint density at radius 3 is 2.73 bits per heavy atom. The molecule has 1 saturated heterocycles. The highest BCUT2D eigenvalue weighted by atomic mass is 19.1. The summed E-state index contributed by atoms with van der Waals surface area (Å²) in [6, 6.07) is 6.50. The molecular weight excluding hydrogens is 335 g/mol. The molecule has 2 heterocycles. The van der Waals surface area contributed by atoms with Crippen LogP contribution in [0.1, 0.15) is 31.6 Å². The van der Waals surface area contributed by atoms with E-state index in [-0.39, 0.29) is 11.7 Å². The molecule has 1 aromatic heterocycles. The van der Waals surface area contributed by atoms with E-state index in [0.29, 0.717) is 36.5 Å². The van der Waals surface area contributed by atoms with E-state index in [1.807, 2.05) is 4.90 Å². The number of oxazole rings is 1. The lowest BCUT2D eigenvalue weighted by molar-refractivity contribution is -0.132. The van der Waals surface area contributed by atoms with Crippen LogP contribution in [0.3, 0.4) is 0 Å². The fourth-order valence-electron chi connectivity index (χ4n) is 3.38. The maximum atomic E-state index is 13.0. The molecule has 0 unspecified atom stereocenters. The largest absolute Gasteiger partial charge is 0.441 e. The third kappa shape index (κ3) is 4.12. The van der Waals surface area contributed by atoms with Crippen LogP contribution in [0.25, 0.3) is 11.3 Å². The Kier molecular flexibility index (Phi) is 5.02. The molecule has 0 spiro atoms. The van der Waals surface area contributed by atoms with Gasteiger partial charge < -0.3 is 14.1 Å². The number of hydrogen-bond acceptors (Lipinski definition) is 4. The van der Waals surface area contributed by atoms with E-state index in [4.69, 9.17) is 9.15 Å². The molecule has 2 aromatic rings. The molecule has 138 valence electrons. The van der Waals surface area contributed by atoms with Gasteiger partial charge in [-0.25, -0.2) is 9.37 Å². The van der Waals surface area contributed by atoms with Crippen molar-refractivity contribution in [3.8, 4) is 11.3 Å². The molecule has 1 saturated carbocycles. The number of carbonyl (C=O) groups is 1. The molecule has 1 amide bonds. The van der Waals surface area contributed by atoms with Gasteiger partial charge >= 0.3 is 0 Å². The summed E-state index contributed by atoms with van der Waals surface area (Å²) in [5, 5.41) is 0. The minimum Gasteiger partial charge on any atom is -0.441 e. The zero-order valence-corrected chi connectivity index (χ0v) is 14.7. The second-order valence-corrected chi connectivity index (χ2v) is 7.13. The van der Waals surface area contributed by atoms with Crippen LogP contribution in [0.5, 0.6) is 0 Å². The van der Waals surface area contributed by atoms with Gasteiger partial charge in [-0.3, -0.25) is 4.79 Å². The van der Waals surface area contributed by atoms with Crippen molar-refractivity contribution >= 4 is 5.91 Å². The summed E-state index contributed by atoms with van der Waals surface area (Å²) in [7, 11) is 0. The molecule has 6 heteroatoms. The predicted octanol–water partition coefficient (Wildman–Crippen LogP) is 3.44. The summed E-state index contributed by atoms with van der Waals surface area (Å²) < 4.78 is 24.2. The van der Waals surface area contributed by atoms with Crippen molar-refractivity contribution in [1.29, 1.82) is 0 Å². The van der Waals surface area contributed by atoms with E-state index in [9.17, 15) is 9.18 Å². The van der Waals surface area contributed by atoms with E-state index in [0.717, 1.165) is 44.6 Å². The van der Waals surface area contributed by atoms with Gasteiger partial charge in [-0.05, 0) is 43.5 Å². The first-order chi connectivity index (χ1) is 12.7. The highest BCUT2D eigenvalue weighted by Gasteiger charge is 2.34. The Morgan fingerprint density at radius 1 is 1.23 bits per heavy atom. The highest BCUT2D eigenvalue weighted by molar-refractivity contribution is 5.77. The number of ether oxygens (including phenoxy) is 1. The summed E-state index contributed by atoms with van der Waals surface area (Å²) in [6.45, 7) is 2.37. The minimum atomic E-state index is -0.285. The van der Waals surface area contributed by atoms with Crippen molar-refractivity contribution < 1.29 is 18.3 Å². The summed E-state index contributed by atoms with van der Waals surface area (Å²) >= 11 is 0. The minimum absolute atomic E-state index is 0.168. The molecule has 1 atom stereocenters. The molecule has 1 aliphatic carbocycles. The van der Waals surface area contributed by atoms with Gasteiger partial charge in [0, 0.05) is 43.5 Å². The number of aromatic nitrogens is 1. The maximum Gasteiger partial charge on any atom is 0.223 e. The number of nitrogens with zero attached hydrogens (tertiary/aromatic N) is 2. The lowest BCUT2D eigenvalue weighted by Crippen LogP contribution is -2.37. The van der Waals surface area contributed by atoms with Gasteiger partial charge in [-0.15, -0.1) is 0 Å². The first-order valence-corrected chi connectivity index (χ1v) is 9.27. The molecule has 0 radical (unpaired) electrons. The van der Waals surface area contributed by atoms with Crippen molar-refractivity contribution in [2.45, 2.75) is 38.1 Å². The Labute approximate surface area is 152 Å². The standard InChI is InChI=1S/C20H23FN2O3/c21-16-3-1-15(2-4-16)18-11-22-19(26-18)7-8-20(24)23(17-5-6-17)12-14-9-10-25-13-14/h1-4,11,14,17H,5-10,12-13H2/t14-/m0/s1. The predicted molar refractivity (Wildman–Crippen MR) is 93.9 cm³/mol. The number of halogens is 1. The topological polar surface area (TPSA) is 55.6 Å². The van der Waals surface area contributed by atoms with Crippen LogP contribution in [0, 0.1) is 11.7 Å². The SMILES string of the molecule is O=C(CCc1ncc(-c2ccc(F)cc2)o1)N(C[C@@H]1CCOC1)C1CC1. The zero-order chi connectivity index (χ0) is 17.9. The van der Waals surface area contributed by atoms with Gasteiger partial charge in [0.25, 0.3) is 0 Å². The van der Waals surface area contributed by atoms with Crippen LogP contribution in [0.15, 0.2) is 34.9 Å². The molecule has 2 fully saturated rings. The fourth-order valence-corrected chi connectivity index (χ4v) is 3.38. The Bertz CT molecular complexity index is 749. The van der Waals surface area contributed by atoms with E-state index >= 15 is 0 Å². The second-order valence-electron chi connectivity index (χ2n) is 7.13. The number of benzene rings is 1. The molecule has 0 bridgehead atoms. The number of amides is 1. The van der Waals surface area contributed by atoms with Crippen molar-refractivity contribution in [2.24, 2.45) is 5.92 Å². The van der Waals surface area contributed by atoms with Gasteiger partial charge in [0.2, 0.25) is 5.91 Å². The number of rotatable bonds is 7. The van der Waals surface area contributed by atoms with E-state index in [2.05, 4.69) is 4.98 Å². The summed E-state index contributed by atoms with van der Waals surface area (Å²) in [5.41, 5.74) is 0.775. The van der Waals surface area contributed by atoms with Crippen LogP contribution < -0.4 is 0 Å². The molecule has 4 rings (SSSR count). The third-order valence-corrected chi connectivity index (χ3v) is 5.02. The Morgan fingerprint density at radius 2 is 2.04 bits per heavy atom. The van der Waals surface area contributed by atoms with E-state index in [1.54, 1.807) is 18.3 Å². The first-order valence-electron chi connectivity index (χ1n) is 9.27. The number of carbonyl (C=O) groups excluding carboxylic acids is 1. The van der Waals surface area contributed by atoms with Crippen molar-refractivity contribution in [1.82, 2.24) is 9.88 Å². The van der Waals surface area contributed by atoms with Crippen molar-refractivity contribution in [2.75, 3.05) is 19.8 Å². The Hall–Kier alpha value is -2.21. The molecule has 26 heavy (non-hydrogen) atoms. The first kappa shape index (κ1) is 17.2. The van der Waals surface area contributed by atoms with Gasteiger partial charge in [-0.1, -0.05) is 0 Å². The van der Waals surface area contributed by atoms with Gasteiger partial charge in [-0.2, -0.15) is 0 Å². The normalized spacial score (nSPS) is 19.7. The van der Waals surface area contributed by atoms with Crippen LogP contribution >= 0.6 is 0 Å². The van der Waals surface area contributed by atoms with E-state index in [1.165, 1.54) is 12.1 Å². The summed E-state index contributed by atoms with van der Waals surface area (Å²) in [6.07, 6.45) is 5.75. The lowest BCUT2D eigenvalue weighted by Gasteiger charge is -2.25. The van der Waals surface area contributed by atoms with E-state index < -0.39 is 0 Å². The van der Waals surface area contributed by atoms with Crippen LogP contribution in [0.4, 0.5) is 4.39 Å². The average Bonchev–Trinajstić information content (AvgIpc) is 3.16. The Balaban J connectivity index is 1.34. The number of aryl methyl sites for hydroxylation is 1. The molecule has 0 N–H and O–H groups in total. The quantitative estimate of drug-likeness (QED) is 0.761. The molecule has 1 aromatic carbocycles.